The fraction of sp³-hybridized carbons (Fsp3) is 0.158. The van der Waals surface area contributed by atoms with Gasteiger partial charge in [0.05, 0.1) is 0 Å². The first-order valence-electron chi connectivity index (χ1n) is 8.49. The number of hydrogen-bond acceptors (Lipinski definition) is 6. The predicted molar refractivity (Wildman–Crippen MR) is 101 cm³/mol. The molecule has 2 atom stereocenters. The SMILES string of the molecule is NC1=NNC(c2ccccc2O)N1C(Cc1cc2ccccc2[nH]1)C(=O)O. The van der Waals surface area contributed by atoms with Gasteiger partial charge >= 0.3 is 5.97 Å². The summed E-state index contributed by atoms with van der Waals surface area (Å²) in [6.45, 7) is 0. The highest BCUT2D eigenvalue weighted by Crippen LogP contribution is 2.31. The molecule has 0 spiro atoms. The summed E-state index contributed by atoms with van der Waals surface area (Å²) < 4.78 is 0. The minimum atomic E-state index is -1.03. The Bertz CT molecular complexity index is 996. The molecule has 4 rings (SSSR count). The third-order valence-electron chi connectivity index (χ3n) is 4.70. The lowest BCUT2D eigenvalue weighted by Gasteiger charge is -2.31. The lowest BCUT2D eigenvalue weighted by Crippen LogP contribution is -2.49. The zero-order valence-electron chi connectivity index (χ0n) is 14.3. The Hall–Kier alpha value is -3.68. The van der Waals surface area contributed by atoms with E-state index in [1.54, 1.807) is 18.2 Å². The molecule has 0 fully saturated rings. The number of carbonyl (C=O) groups is 1. The summed E-state index contributed by atoms with van der Waals surface area (Å²) >= 11 is 0. The van der Waals surface area contributed by atoms with Gasteiger partial charge in [-0.1, -0.05) is 36.4 Å². The molecule has 1 aliphatic heterocycles. The van der Waals surface area contributed by atoms with Crippen molar-refractivity contribution in [3.63, 3.8) is 0 Å². The number of phenolic OH excluding ortho intramolecular Hbond substituents is 1. The number of H-pyrrole nitrogens is 1. The zero-order chi connectivity index (χ0) is 19.0. The van der Waals surface area contributed by atoms with Crippen LogP contribution in [0.15, 0.2) is 59.7 Å². The molecular weight excluding hydrogens is 346 g/mol. The molecule has 1 aliphatic rings. The quantitative estimate of drug-likeness (QED) is 0.468. The van der Waals surface area contributed by atoms with E-state index in [4.69, 9.17) is 5.73 Å². The molecule has 0 amide bonds. The maximum Gasteiger partial charge on any atom is 0.326 e. The number of aromatic hydroxyl groups is 1. The fourth-order valence-electron chi connectivity index (χ4n) is 3.41. The second kappa shape index (κ2) is 6.56. The number of carboxylic acid groups (broad SMARTS) is 1. The second-order valence-corrected chi connectivity index (χ2v) is 6.41. The van der Waals surface area contributed by atoms with Crippen molar-refractivity contribution in [2.75, 3.05) is 0 Å². The van der Waals surface area contributed by atoms with E-state index in [2.05, 4.69) is 15.5 Å². The average molecular weight is 365 g/mol. The van der Waals surface area contributed by atoms with E-state index in [-0.39, 0.29) is 18.1 Å². The minimum Gasteiger partial charge on any atom is -0.508 e. The van der Waals surface area contributed by atoms with Crippen LogP contribution in [-0.4, -0.2) is 38.1 Å². The first-order valence-corrected chi connectivity index (χ1v) is 8.49. The van der Waals surface area contributed by atoms with Crippen molar-refractivity contribution >= 4 is 22.8 Å². The molecule has 8 heteroatoms. The summed E-state index contributed by atoms with van der Waals surface area (Å²) in [6.07, 6.45) is -0.469. The van der Waals surface area contributed by atoms with Crippen molar-refractivity contribution in [2.24, 2.45) is 10.8 Å². The van der Waals surface area contributed by atoms with E-state index in [1.807, 2.05) is 30.3 Å². The number of phenols is 1. The van der Waals surface area contributed by atoms with E-state index >= 15 is 0 Å². The molecule has 27 heavy (non-hydrogen) atoms. The number of aromatic amines is 1. The van der Waals surface area contributed by atoms with Crippen LogP contribution in [0, 0.1) is 0 Å². The monoisotopic (exact) mass is 365 g/mol. The number of benzene rings is 2. The zero-order valence-corrected chi connectivity index (χ0v) is 14.3. The van der Waals surface area contributed by atoms with Gasteiger partial charge in [0.1, 0.15) is 18.0 Å². The highest BCUT2D eigenvalue weighted by atomic mass is 16.4. The molecule has 0 saturated carbocycles. The summed E-state index contributed by atoms with van der Waals surface area (Å²) in [5.41, 5.74) is 11.0. The molecule has 8 nitrogen and oxygen atoms in total. The number of carboxylic acids is 1. The molecule has 2 heterocycles. The Morgan fingerprint density at radius 2 is 1.96 bits per heavy atom. The Labute approximate surface area is 154 Å². The van der Waals surface area contributed by atoms with Crippen LogP contribution in [0.2, 0.25) is 0 Å². The van der Waals surface area contributed by atoms with Crippen LogP contribution in [0.5, 0.6) is 5.75 Å². The number of nitrogens with zero attached hydrogens (tertiary/aromatic N) is 2. The number of hydrazone groups is 1. The Balaban J connectivity index is 1.68. The molecule has 2 unspecified atom stereocenters. The van der Waals surface area contributed by atoms with Crippen LogP contribution in [0.3, 0.4) is 0 Å². The van der Waals surface area contributed by atoms with E-state index in [0.29, 0.717) is 5.56 Å². The number of aliphatic carboxylic acids is 1. The largest absolute Gasteiger partial charge is 0.508 e. The van der Waals surface area contributed by atoms with Crippen molar-refractivity contribution in [1.82, 2.24) is 15.3 Å². The second-order valence-electron chi connectivity index (χ2n) is 6.41. The summed E-state index contributed by atoms with van der Waals surface area (Å²) in [7, 11) is 0. The Morgan fingerprint density at radius 1 is 1.22 bits per heavy atom. The smallest absolute Gasteiger partial charge is 0.326 e. The van der Waals surface area contributed by atoms with Crippen LogP contribution in [0.4, 0.5) is 0 Å². The van der Waals surface area contributed by atoms with Crippen LogP contribution in [0.1, 0.15) is 17.4 Å². The van der Waals surface area contributed by atoms with Gasteiger partial charge in [0.15, 0.2) is 0 Å². The lowest BCUT2D eigenvalue weighted by molar-refractivity contribution is -0.142. The molecular formula is C19H19N5O3. The van der Waals surface area contributed by atoms with Crippen LogP contribution < -0.4 is 11.2 Å². The highest BCUT2D eigenvalue weighted by molar-refractivity contribution is 5.87. The van der Waals surface area contributed by atoms with Crippen molar-refractivity contribution in [2.45, 2.75) is 18.6 Å². The number of hydrogen-bond donors (Lipinski definition) is 5. The Morgan fingerprint density at radius 3 is 2.70 bits per heavy atom. The summed E-state index contributed by atoms with van der Waals surface area (Å²) in [5.74, 6) is -0.928. The van der Waals surface area contributed by atoms with Crippen molar-refractivity contribution in [3.8, 4) is 5.75 Å². The van der Waals surface area contributed by atoms with E-state index in [9.17, 15) is 15.0 Å². The molecule has 3 aromatic rings. The molecule has 0 radical (unpaired) electrons. The maximum absolute atomic E-state index is 12.1. The highest BCUT2D eigenvalue weighted by Gasteiger charge is 2.38. The van der Waals surface area contributed by atoms with Crippen molar-refractivity contribution < 1.29 is 15.0 Å². The van der Waals surface area contributed by atoms with Gasteiger partial charge in [0.25, 0.3) is 0 Å². The van der Waals surface area contributed by atoms with Gasteiger partial charge in [-0.15, -0.1) is 5.10 Å². The van der Waals surface area contributed by atoms with Gasteiger partial charge in [-0.05, 0) is 23.6 Å². The van der Waals surface area contributed by atoms with Gasteiger partial charge in [0, 0.05) is 23.2 Å². The number of fused-ring (bicyclic) bond motifs is 1. The van der Waals surface area contributed by atoms with Gasteiger partial charge < -0.3 is 25.8 Å². The number of para-hydroxylation sites is 2. The van der Waals surface area contributed by atoms with E-state index < -0.39 is 18.2 Å². The van der Waals surface area contributed by atoms with Gasteiger partial charge in [-0.2, -0.15) is 0 Å². The number of guanidine groups is 1. The molecule has 0 bridgehead atoms. The maximum atomic E-state index is 12.1. The van der Waals surface area contributed by atoms with Gasteiger partial charge in [-0.3, -0.25) is 5.43 Å². The van der Waals surface area contributed by atoms with Crippen molar-refractivity contribution in [1.29, 1.82) is 0 Å². The molecule has 2 aromatic carbocycles. The van der Waals surface area contributed by atoms with E-state index in [0.717, 1.165) is 16.6 Å². The fourth-order valence-corrected chi connectivity index (χ4v) is 3.41. The molecule has 6 N–H and O–H groups in total. The number of aromatic nitrogens is 1. The number of nitrogens with two attached hydrogens (primary N) is 1. The predicted octanol–water partition coefficient (Wildman–Crippen LogP) is 1.70. The minimum absolute atomic E-state index is 0.0413. The number of nitrogens with one attached hydrogen (secondary N) is 2. The molecule has 0 saturated heterocycles. The topological polar surface area (TPSA) is 127 Å². The number of rotatable bonds is 5. The van der Waals surface area contributed by atoms with Crippen LogP contribution >= 0.6 is 0 Å². The summed E-state index contributed by atoms with van der Waals surface area (Å²) in [4.78, 5) is 16.8. The van der Waals surface area contributed by atoms with Gasteiger partial charge in [0.2, 0.25) is 5.96 Å². The third kappa shape index (κ3) is 3.01. The van der Waals surface area contributed by atoms with Crippen LogP contribution in [0.25, 0.3) is 10.9 Å². The summed E-state index contributed by atoms with van der Waals surface area (Å²) in [6, 6.07) is 15.4. The molecule has 1 aromatic heterocycles. The normalized spacial score (nSPS) is 17.6. The van der Waals surface area contributed by atoms with Gasteiger partial charge in [-0.25, -0.2) is 4.79 Å². The first kappa shape index (κ1) is 16.8. The molecule has 0 aliphatic carbocycles. The van der Waals surface area contributed by atoms with Crippen molar-refractivity contribution in [3.05, 3.63) is 65.9 Å². The summed E-state index contributed by atoms with van der Waals surface area (Å²) in [5, 5.41) is 25.0. The average Bonchev–Trinajstić information content (AvgIpc) is 3.23. The third-order valence-corrected chi connectivity index (χ3v) is 4.70. The standard InChI is InChI=1S/C19H19N5O3/c20-19-23-22-17(13-6-2-4-8-16(13)25)24(19)15(18(26)27)10-12-9-11-5-1-3-7-14(11)21-12/h1-9,15,17,21-22,25H,10H2,(H2,20,23)(H,26,27). The molecule has 138 valence electrons. The lowest BCUT2D eigenvalue weighted by atomic mass is 10.1. The van der Waals surface area contributed by atoms with E-state index in [1.165, 1.54) is 11.0 Å². The Kier molecular flexibility index (Phi) is 4.08. The first-order chi connectivity index (χ1) is 13.0. The van der Waals surface area contributed by atoms with Crippen LogP contribution in [-0.2, 0) is 11.2 Å².